The van der Waals surface area contributed by atoms with Crippen LogP contribution < -0.4 is 5.32 Å². The Morgan fingerprint density at radius 3 is 2.53 bits per heavy atom. The monoisotopic (exact) mass is 207 g/mol. The summed E-state index contributed by atoms with van der Waals surface area (Å²) >= 11 is 0. The van der Waals surface area contributed by atoms with Crippen LogP contribution in [0.3, 0.4) is 0 Å². The highest BCUT2D eigenvalue weighted by atomic mass is 16.4. The highest BCUT2D eigenvalue weighted by molar-refractivity contribution is 5.74. The van der Waals surface area contributed by atoms with Crippen LogP contribution in [0.2, 0.25) is 0 Å². The van der Waals surface area contributed by atoms with Crippen LogP contribution in [0.25, 0.3) is 0 Å². The molecule has 0 spiro atoms. The van der Waals surface area contributed by atoms with Gasteiger partial charge in [-0.2, -0.15) is 0 Å². The van der Waals surface area contributed by atoms with E-state index >= 15 is 0 Å². The molecule has 15 heavy (non-hydrogen) atoms. The lowest BCUT2D eigenvalue weighted by Crippen LogP contribution is -2.29. The second kappa shape index (κ2) is 3.90. The van der Waals surface area contributed by atoms with Crippen molar-refractivity contribution in [3.8, 4) is 5.75 Å². The first-order chi connectivity index (χ1) is 7.16. The van der Waals surface area contributed by atoms with Crippen LogP contribution in [0.1, 0.15) is 17.9 Å². The van der Waals surface area contributed by atoms with Gasteiger partial charge in [0.05, 0.1) is 0 Å². The van der Waals surface area contributed by atoms with E-state index in [1.807, 2.05) is 12.1 Å². The maximum Gasteiger partial charge on any atom is 0.320 e. The predicted molar refractivity (Wildman–Crippen MR) is 54.9 cm³/mol. The summed E-state index contributed by atoms with van der Waals surface area (Å²) in [6.07, 6.45) is 0.611. The van der Waals surface area contributed by atoms with Gasteiger partial charge >= 0.3 is 5.97 Å². The quantitative estimate of drug-likeness (QED) is 0.674. The molecule has 1 aliphatic rings. The van der Waals surface area contributed by atoms with E-state index in [1.54, 1.807) is 12.1 Å². The summed E-state index contributed by atoms with van der Waals surface area (Å²) in [6.45, 7) is 0.682. The molecule has 1 saturated heterocycles. The Kier molecular flexibility index (Phi) is 2.60. The Balaban J connectivity index is 2.07. The molecule has 4 heteroatoms. The molecule has 0 bridgehead atoms. The Hall–Kier alpha value is -1.55. The molecule has 4 nitrogen and oxygen atoms in total. The van der Waals surface area contributed by atoms with Gasteiger partial charge in [0.2, 0.25) is 0 Å². The Bertz CT molecular complexity index is 361. The summed E-state index contributed by atoms with van der Waals surface area (Å²) in [4.78, 5) is 10.7. The fourth-order valence-electron chi connectivity index (χ4n) is 1.92. The zero-order chi connectivity index (χ0) is 10.8. The number of hydrogen-bond donors (Lipinski definition) is 3. The largest absolute Gasteiger partial charge is 0.508 e. The second-order valence-electron chi connectivity index (χ2n) is 3.82. The number of carboxylic acids is 1. The maximum absolute atomic E-state index is 10.7. The van der Waals surface area contributed by atoms with Crippen molar-refractivity contribution >= 4 is 5.97 Å². The lowest BCUT2D eigenvalue weighted by Gasteiger charge is -2.08. The first-order valence-electron chi connectivity index (χ1n) is 4.92. The Morgan fingerprint density at radius 1 is 1.33 bits per heavy atom. The van der Waals surface area contributed by atoms with Crippen LogP contribution in [-0.4, -0.2) is 28.8 Å². The molecule has 1 heterocycles. The predicted octanol–water partition coefficient (Wildman–Crippen LogP) is 0.922. The fraction of sp³-hybridized carbons (Fsp3) is 0.364. The van der Waals surface area contributed by atoms with E-state index in [0.29, 0.717) is 13.0 Å². The summed E-state index contributed by atoms with van der Waals surface area (Å²) in [5.41, 5.74) is 1.07. The number of aliphatic carboxylic acids is 1. The third kappa shape index (κ3) is 2.10. The van der Waals surface area contributed by atoms with Gasteiger partial charge in [0.25, 0.3) is 0 Å². The van der Waals surface area contributed by atoms with Crippen molar-refractivity contribution in [1.82, 2.24) is 5.32 Å². The molecular weight excluding hydrogens is 194 g/mol. The van der Waals surface area contributed by atoms with Gasteiger partial charge in [0.15, 0.2) is 0 Å². The second-order valence-corrected chi connectivity index (χ2v) is 3.82. The smallest absolute Gasteiger partial charge is 0.320 e. The van der Waals surface area contributed by atoms with Gasteiger partial charge in [-0.3, -0.25) is 4.79 Å². The first kappa shape index (κ1) is 9.98. The van der Waals surface area contributed by atoms with Crippen molar-refractivity contribution in [3.05, 3.63) is 29.8 Å². The van der Waals surface area contributed by atoms with Crippen LogP contribution in [0.5, 0.6) is 5.75 Å². The lowest BCUT2D eigenvalue weighted by molar-refractivity contribution is -0.139. The number of rotatable bonds is 2. The summed E-state index contributed by atoms with van der Waals surface area (Å²) in [5.74, 6) is -0.331. The van der Waals surface area contributed by atoms with Crippen molar-refractivity contribution in [3.63, 3.8) is 0 Å². The van der Waals surface area contributed by atoms with Crippen molar-refractivity contribution in [2.45, 2.75) is 18.4 Å². The molecule has 0 saturated carbocycles. The third-order valence-electron chi connectivity index (χ3n) is 2.79. The Morgan fingerprint density at radius 2 is 2.00 bits per heavy atom. The third-order valence-corrected chi connectivity index (χ3v) is 2.79. The molecule has 80 valence electrons. The standard InChI is InChI=1S/C11H13NO3/c13-9-3-1-7(2-4-9)8-5-10(11(14)15)12-6-8/h1-4,8,10,12-13H,5-6H2,(H,14,15). The van der Waals surface area contributed by atoms with Crippen molar-refractivity contribution in [1.29, 1.82) is 0 Å². The van der Waals surface area contributed by atoms with Gasteiger partial charge in [-0.1, -0.05) is 12.1 Å². The van der Waals surface area contributed by atoms with Crippen LogP contribution in [0, 0.1) is 0 Å². The molecule has 2 rings (SSSR count). The molecule has 0 radical (unpaired) electrons. The highest BCUT2D eigenvalue weighted by Crippen LogP contribution is 2.26. The van der Waals surface area contributed by atoms with Gasteiger partial charge in [0.1, 0.15) is 11.8 Å². The molecule has 3 N–H and O–H groups in total. The van der Waals surface area contributed by atoms with Crippen molar-refractivity contribution in [2.75, 3.05) is 6.54 Å². The van der Waals surface area contributed by atoms with Gasteiger partial charge in [-0.25, -0.2) is 0 Å². The number of benzene rings is 1. The molecule has 1 aromatic rings. The zero-order valence-corrected chi connectivity index (χ0v) is 8.18. The highest BCUT2D eigenvalue weighted by Gasteiger charge is 2.29. The average Bonchev–Trinajstić information content (AvgIpc) is 2.68. The molecule has 0 aliphatic carbocycles. The molecule has 2 atom stereocenters. The number of aromatic hydroxyl groups is 1. The van der Waals surface area contributed by atoms with Crippen LogP contribution in [-0.2, 0) is 4.79 Å². The number of phenols is 1. The molecule has 2 unspecified atom stereocenters. The van der Waals surface area contributed by atoms with Crippen LogP contribution in [0.4, 0.5) is 0 Å². The fourth-order valence-corrected chi connectivity index (χ4v) is 1.92. The minimum Gasteiger partial charge on any atom is -0.508 e. The number of phenolic OH excluding ortho intramolecular Hbond substituents is 1. The van der Waals surface area contributed by atoms with E-state index in [-0.39, 0.29) is 11.7 Å². The summed E-state index contributed by atoms with van der Waals surface area (Å²) < 4.78 is 0. The SMILES string of the molecule is O=C(O)C1CC(c2ccc(O)cc2)CN1. The molecule has 0 aromatic heterocycles. The van der Waals surface area contributed by atoms with Gasteiger partial charge < -0.3 is 15.5 Å². The van der Waals surface area contributed by atoms with Crippen molar-refractivity contribution < 1.29 is 15.0 Å². The summed E-state index contributed by atoms with van der Waals surface area (Å²) in [7, 11) is 0. The van der Waals surface area contributed by atoms with Gasteiger partial charge in [-0.15, -0.1) is 0 Å². The van der Waals surface area contributed by atoms with E-state index in [1.165, 1.54) is 0 Å². The maximum atomic E-state index is 10.7. The number of nitrogens with one attached hydrogen (secondary N) is 1. The molecule has 1 fully saturated rings. The first-order valence-corrected chi connectivity index (χ1v) is 4.92. The minimum atomic E-state index is -0.795. The lowest BCUT2D eigenvalue weighted by atomic mass is 9.96. The molecular formula is C11H13NO3. The summed E-state index contributed by atoms with van der Waals surface area (Å²) in [5, 5.41) is 20.9. The molecule has 1 aromatic carbocycles. The average molecular weight is 207 g/mol. The topological polar surface area (TPSA) is 69.6 Å². The van der Waals surface area contributed by atoms with Gasteiger partial charge in [0, 0.05) is 6.54 Å². The Labute approximate surface area is 87.6 Å². The summed E-state index contributed by atoms with van der Waals surface area (Å²) in [6, 6.07) is 6.49. The molecule has 1 aliphatic heterocycles. The van der Waals surface area contributed by atoms with E-state index in [4.69, 9.17) is 10.2 Å². The van der Waals surface area contributed by atoms with E-state index in [9.17, 15) is 4.79 Å². The van der Waals surface area contributed by atoms with Gasteiger partial charge in [-0.05, 0) is 30.0 Å². The number of carboxylic acid groups (broad SMARTS) is 1. The van der Waals surface area contributed by atoms with E-state index in [0.717, 1.165) is 5.56 Å². The normalized spacial score (nSPS) is 25.3. The van der Waals surface area contributed by atoms with Crippen molar-refractivity contribution in [2.24, 2.45) is 0 Å². The zero-order valence-electron chi connectivity index (χ0n) is 8.18. The number of carbonyl (C=O) groups is 1. The minimum absolute atomic E-state index is 0.228. The van der Waals surface area contributed by atoms with E-state index in [2.05, 4.69) is 5.32 Å². The van der Waals surface area contributed by atoms with E-state index < -0.39 is 12.0 Å². The van der Waals surface area contributed by atoms with Crippen LogP contribution >= 0.6 is 0 Å². The molecule has 0 amide bonds. The number of hydrogen-bond acceptors (Lipinski definition) is 3. The van der Waals surface area contributed by atoms with Crippen LogP contribution in [0.15, 0.2) is 24.3 Å².